The molecule has 7 rings (SSSR count). The highest BCUT2D eigenvalue weighted by Crippen LogP contribution is 2.34. The van der Waals surface area contributed by atoms with Gasteiger partial charge in [0.1, 0.15) is 16.7 Å². The Hall–Kier alpha value is -5.09. The molecule has 0 saturated carbocycles. The maximum Gasteiger partial charge on any atom is 0.228 e. The SMILES string of the molecule is Cc1cc(NC(=O)Cc2ccccc2)cc(-c2cc(F)c3n[nH]c(-c4nc5c(N6CCN(C)CC6)nccc5[nH]4)c3c2)c1. The molecule has 43 heavy (non-hydrogen) atoms. The molecule has 1 amide bonds. The van der Waals surface area contributed by atoms with Crippen molar-refractivity contribution in [2.24, 2.45) is 0 Å². The van der Waals surface area contributed by atoms with Crippen molar-refractivity contribution in [3.63, 3.8) is 0 Å². The lowest BCUT2D eigenvalue weighted by Gasteiger charge is -2.33. The number of hydrogen-bond acceptors (Lipinski definition) is 6. The van der Waals surface area contributed by atoms with Gasteiger partial charge in [-0.05, 0) is 66.6 Å². The third kappa shape index (κ3) is 5.32. The number of anilines is 2. The molecule has 4 heterocycles. The standard InChI is InChI=1S/C33H31FN8O/c1-20-14-22(17-24(15-20)36-28(43)16-21-6-4-3-5-7-21)23-18-25-29(26(34)19-23)39-40-30(25)32-37-27-8-9-35-33(31(27)38-32)42-12-10-41(2)11-13-42/h3-9,14-15,17-19H,10-13,16H2,1-2H3,(H,36,43)(H,37,38)(H,39,40). The minimum atomic E-state index is -0.443. The van der Waals surface area contributed by atoms with Gasteiger partial charge in [-0.1, -0.05) is 36.4 Å². The van der Waals surface area contributed by atoms with Crippen LogP contribution in [0.25, 0.3) is 44.6 Å². The Morgan fingerprint density at radius 3 is 2.58 bits per heavy atom. The molecule has 1 aliphatic rings. The van der Waals surface area contributed by atoms with Gasteiger partial charge in [0.15, 0.2) is 17.5 Å². The van der Waals surface area contributed by atoms with Gasteiger partial charge in [0.25, 0.3) is 0 Å². The van der Waals surface area contributed by atoms with E-state index >= 15 is 4.39 Å². The lowest BCUT2D eigenvalue weighted by Crippen LogP contribution is -2.44. The van der Waals surface area contributed by atoms with Gasteiger partial charge in [0.2, 0.25) is 5.91 Å². The third-order valence-electron chi connectivity index (χ3n) is 7.94. The molecule has 1 saturated heterocycles. The zero-order valence-corrected chi connectivity index (χ0v) is 24.0. The van der Waals surface area contributed by atoms with Crippen molar-refractivity contribution >= 4 is 39.3 Å². The molecular formula is C33H31FN8O. The molecule has 3 N–H and O–H groups in total. The number of benzene rings is 3. The molecule has 0 radical (unpaired) electrons. The number of pyridine rings is 1. The van der Waals surface area contributed by atoms with Gasteiger partial charge in [-0.2, -0.15) is 5.10 Å². The number of aromatic nitrogens is 5. The second-order valence-electron chi connectivity index (χ2n) is 11.2. The summed E-state index contributed by atoms with van der Waals surface area (Å²) in [6.45, 7) is 5.62. The van der Waals surface area contributed by atoms with E-state index in [2.05, 4.69) is 42.3 Å². The largest absolute Gasteiger partial charge is 0.352 e. The Bertz CT molecular complexity index is 1960. The van der Waals surface area contributed by atoms with Crippen LogP contribution in [0.3, 0.4) is 0 Å². The number of aromatic amines is 2. The number of H-pyrrole nitrogens is 2. The van der Waals surface area contributed by atoms with E-state index in [-0.39, 0.29) is 17.8 Å². The smallest absolute Gasteiger partial charge is 0.228 e. The van der Waals surface area contributed by atoms with Crippen LogP contribution in [0, 0.1) is 12.7 Å². The van der Waals surface area contributed by atoms with E-state index in [0.717, 1.165) is 59.7 Å². The van der Waals surface area contributed by atoms with Gasteiger partial charge in [-0.3, -0.25) is 9.89 Å². The van der Waals surface area contributed by atoms with Gasteiger partial charge in [-0.25, -0.2) is 14.4 Å². The van der Waals surface area contributed by atoms with E-state index in [1.807, 2.05) is 67.6 Å². The molecule has 1 aliphatic heterocycles. The molecule has 6 aromatic rings. The molecule has 0 aliphatic carbocycles. The lowest BCUT2D eigenvalue weighted by molar-refractivity contribution is -0.115. The number of halogens is 1. The average molecular weight is 575 g/mol. The predicted octanol–water partition coefficient (Wildman–Crippen LogP) is 5.55. The summed E-state index contributed by atoms with van der Waals surface area (Å²) in [6.07, 6.45) is 2.06. The number of hydrogen-bond donors (Lipinski definition) is 3. The number of likely N-dealkylation sites (N-methyl/N-ethyl adjacent to an activating group) is 1. The highest BCUT2D eigenvalue weighted by atomic mass is 19.1. The minimum Gasteiger partial charge on any atom is -0.352 e. The van der Waals surface area contributed by atoms with Gasteiger partial charge in [-0.15, -0.1) is 0 Å². The Labute approximate surface area is 247 Å². The van der Waals surface area contributed by atoms with Crippen molar-refractivity contribution in [2.75, 3.05) is 43.4 Å². The van der Waals surface area contributed by atoms with Crippen molar-refractivity contribution in [3.8, 4) is 22.6 Å². The van der Waals surface area contributed by atoms with Gasteiger partial charge < -0.3 is 20.1 Å². The van der Waals surface area contributed by atoms with E-state index in [1.54, 1.807) is 6.20 Å². The van der Waals surface area contributed by atoms with Crippen LogP contribution < -0.4 is 10.2 Å². The van der Waals surface area contributed by atoms with Gasteiger partial charge >= 0.3 is 0 Å². The topological polar surface area (TPSA) is 106 Å². The quantitative estimate of drug-likeness (QED) is 0.241. The number of aryl methyl sites for hydroxylation is 1. The maximum absolute atomic E-state index is 15.5. The number of fused-ring (bicyclic) bond motifs is 2. The molecule has 9 nitrogen and oxygen atoms in total. The van der Waals surface area contributed by atoms with E-state index in [4.69, 9.17) is 4.98 Å². The Morgan fingerprint density at radius 1 is 0.977 bits per heavy atom. The van der Waals surface area contributed by atoms with Gasteiger partial charge in [0.05, 0.1) is 11.9 Å². The first-order valence-electron chi connectivity index (χ1n) is 14.3. The predicted molar refractivity (Wildman–Crippen MR) is 168 cm³/mol. The fourth-order valence-corrected chi connectivity index (χ4v) is 5.72. The van der Waals surface area contributed by atoms with E-state index in [1.165, 1.54) is 6.07 Å². The molecule has 10 heteroatoms. The number of imidazole rings is 1. The number of nitrogens with zero attached hydrogens (tertiary/aromatic N) is 5. The first kappa shape index (κ1) is 26.8. The maximum atomic E-state index is 15.5. The lowest BCUT2D eigenvalue weighted by atomic mass is 10.00. The zero-order valence-electron chi connectivity index (χ0n) is 24.0. The monoisotopic (exact) mass is 574 g/mol. The first-order valence-corrected chi connectivity index (χ1v) is 14.3. The second kappa shape index (κ2) is 11.0. The molecule has 0 bridgehead atoms. The average Bonchev–Trinajstić information content (AvgIpc) is 3.62. The second-order valence-corrected chi connectivity index (χ2v) is 11.2. The van der Waals surface area contributed by atoms with Crippen molar-refractivity contribution in [2.45, 2.75) is 13.3 Å². The zero-order chi connectivity index (χ0) is 29.5. The van der Waals surface area contributed by atoms with E-state index in [0.29, 0.717) is 28.2 Å². The number of carbonyl (C=O) groups is 1. The van der Waals surface area contributed by atoms with Crippen molar-refractivity contribution in [1.29, 1.82) is 0 Å². The molecule has 0 unspecified atom stereocenters. The number of piperazine rings is 1. The fourth-order valence-electron chi connectivity index (χ4n) is 5.72. The van der Waals surface area contributed by atoms with Crippen LogP contribution in [0.1, 0.15) is 11.1 Å². The molecular weight excluding hydrogens is 543 g/mol. The minimum absolute atomic E-state index is 0.114. The van der Waals surface area contributed by atoms with Crippen molar-refractivity contribution < 1.29 is 9.18 Å². The highest BCUT2D eigenvalue weighted by Gasteiger charge is 2.22. The van der Waals surface area contributed by atoms with Crippen LogP contribution in [-0.2, 0) is 11.2 Å². The third-order valence-corrected chi connectivity index (χ3v) is 7.94. The number of rotatable bonds is 6. The van der Waals surface area contributed by atoms with Crippen LogP contribution in [0.4, 0.5) is 15.9 Å². The van der Waals surface area contributed by atoms with Crippen LogP contribution in [0.5, 0.6) is 0 Å². The van der Waals surface area contributed by atoms with Crippen molar-refractivity contribution in [1.82, 2.24) is 30.0 Å². The molecule has 1 fully saturated rings. The normalized spacial score (nSPS) is 14.1. The van der Waals surface area contributed by atoms with Crippen molar-refractivity contribution in [3.05, 3.63) is 89.9 Å². The summed E-state index contributed by atoms with van der Waals surface area (Å²) in [5, 5.41) is 10.9. The summed E-state index contributed by atoms with van der Waals surface area (Å²) in [5.41, 5.74) is 6.46. The van der Waals surface area contributed by atoms with Crippen LogP contribution in [0.2, 0.25) is 0 Å². The van der Waals surface area contributed by atoms with E-state index < -0.39 is 5.82 Å². The Morgan fingerprint density at radius 2 is 1.77 bits per heavy atom. The fraction of sp³-hybridized carbons (Fsp3) is 0.212. The molecule has 216 valence electrons. The molecule has 3 aromatic carbocycles. The molecule has 3 aromatic heterocycles. The number of nitrogens with one attached hydrogen (secondary N) is 3. The highest BCUT2D eigenvalue weighted by molar-refractivity contribution is 5.98. The van der Waals surface area contributed by atoms with Crippen LogP contribution >= 0.6 is 0 Å². The number of carbonyl (C=O) groups excluding carboxylic acids is 1. The summed E-state index contributed by atoms with van der Waals surface area (Å²) < 4.78 is 15.5. The molecule has 0 spiro atoms. The Balaban J connectivity index is 1.23. The first-order chi connectivity index (χ1) is 20.9. The summed E-state index contributed by atoms with van der Waals surface area (Å²) in [7, 11) is 2.12. The van der Waals surface area contributed by atoms with Crippen LogP contribution in [0.15, 0.2) is 72.9 Å². The Kier molecular flexibility index (Phi) is 6.83. The van der Waals surface area contributed by atoms with Crippen LogP contribution in [-0.4, -0.2) is 69.2 Å². The molecule has 0 atom stereocenters. The number of amides is 1. The summed E-state index contributed by atoms with van der Waals surface area (Å²) in [5.74, 6) is 0.847. The summed E-state index contributed by atoms with van der Waals surface area (Å²) in [4.78, 5) is 30.2. The summed E-state index contributed by atoms with van der Waals surface area (Å²) in [6, 6.07) is 20.6. The van der Waals surface area contributed by atoms with E-state index in [9.17, 15) is 4.79 Å². The summed E-state index contributed by atoms with van der Waals surface area (Å²) >= 11 is 0. The van der Waals surface area contributed by atoms with Gasteiger partial charge in [0, 0.05) is 43.4 Å².